The van der Waals surface area contributed by atoms with Crippen molar-refractivity contribution in [2.45, 2.75) is 51.6 Å². The van der Waals surface area contributed by atoms with Gasteiger partial charge < -0.3 is 5.32 Å². The summed E-state index contributed by atoms with van der Waals surface area (Å²) in [6, 6.07) is 13.2. The second kappa shape index (κ2) is 7.86. The SMILES string of the molecule is CCCC(CC)NC(CC#N)c1ccccc1. The molecule has 0 aliphatic rings. The van der Waals surface area contributed by atoms with E-state index in [0.717, 1.165) is 6.42 Å². The van der Waals surface area contributed by atoms with Crippen molar-refractivity contribution >= 4 is 0 Å². The molecular weight excluding hydrogens is 208 g/mol. The maximum absolute atomic E-state index is 8.92. The predicted octanol–water partition coefficient (Wildman–Crippen LogP) is 3.81. The van der Waals surface area contributed by atoms with Crippen LogP contribution < -0.4 is 5.32 Å². The van der Waals surface area contributed by atoms with Gasteiger partial charge in [0.15, 0.2) is 0 Å². The molecule has 0 fully saturated rings. The minimum absolute atomic E-state index is 0.165. The number of hydrogen-bond donors (Lipinski definition) is 1. The van der Waals surface area contributed by atoms with Crippen molar-refractivity contribution in [3.05, 3.63) is 35.9 Å². The second-order valence-electron chi connectivity index (χ2n) is 4.39. The summed E-state index contributed by atoms with van der Waals surface area (Å²) in [6.07, 6.45) is 4.00. The molecule has 0 bridgehead atoms. The monoisotopic (exact) mass is 230 g/mol. The summed E-state index contributed by atoms with van der Waals surface area (Å²) in [7, 11) is 0. The topological polar surface area (TPSA) is 35.8 Å². The van der Waals surface area contributed by atoms with Gasteiger partial charge in [0, 0.05) is 12.1 Å². The van der Waals surface area contributed by atoms with Crippen molar-refractivity contribution in [2.24, 2.45) is 0 Å². The Labute approximate surface area is 105 Å². The molecule has 92 valence electrons. The molecule has 2 heteroatoms. The smallest absolute Gasteiger partial charge is 0.0641 e. The van der Waals surface area contributed by atoms with Crippen LogP contribution in [0.15, 0.2) is 30.3 Å². The summed E-state index contributed by atoms with van der Waals surface area (Å²) < 4.78 is 0. The van der Waals surface area contributed by atoms with Gasteiger partial charge in [0.05, 0.1) is 12.5 Å². The Balaban J connectivity index is 2.69. The van der Waals surface area contributed by atoms with Crippen LogP contribution in [0.2, 0.25) is 0 Å². The third-order valence-corrected chi connectivity index (χ3v) is 3.06. The van der Waals surface area contributed by atoms with Crippen LogP contribution in [-0.4, -0.2) is 6.04 Å². The molecule has 1 rings (SSSR count). The maximum Gasteiger partial charge on any atom is 0.0641 e. The lowest BCUT2D eigenvalue weighted by molar-refractivity contribution is 0.404. The first-order chi connectivity index (χ1) is 8.31. The van der Waals surface area contributed by atoms with Crippen molar-refractivity contribution in [2.75, 3.05) is 0 Å². The minimum atomic E-state index is 0.165. The molecule has 1 N–H and O–H groups in total. The minimum Gasteiger partial charge on any atom is -0.306 e. The molecule has 0 saturated heterocycles. The van der Waals surface area contributed by atoms with E-state index in [1.165, 1.54) is 18.4 Å². The van der Waals surface area contributed by atoms with Crippen molar-refractivity contribution in [1.29, 1.82) is 5.26 Å². The summed E-state index contributed by atoms with van der Waals surface area (Å²) in [5.41, 5.74) is 1.21. The zero-order chi connectivity index (χ0) is 12.5. The Kier molecular flexibility index (Phi) is 6.35. The molecule has 0 amide bonds. The lowest BCUT2D eigenvalue weighted by Crippen LogP contribution is -2.32. The van der Waals surface area contributed by atoms with E-state index in [0.29, 0.717) is 12.5 Å². The second-order valence-corrected chi connectivity index (χ2v) is 4.39. The summed E-state index contributed by atoms with van der Waals surface area (Å²) in [6.45, 7) is 4.40. The van der Waals surface area contributed by atoms with Gasteiger partial charge in [-0.05, 0) is 18.4 Å². The van der Waals surface area contributed by atoms with Crippen molar-refractivity contribution in [3.8, 4) is 6.07 Å². The number of benzene rings is 1. The van der Waals surface area contributed by atoms with Crippen LogP contribution in [0.3, 0.4) is 0 Å². The molecule has 0 aliphatic heterocycles. The molecule has 0 radical (unpaired) electrons. The molecule has 0 aromatic heterocycles. The van der Waals surface area contributed by atoms with E-state index in [2.05, 4.69) is 37.4 Å². The van der Waals surface area contributed by atoms with Gasteiger partial charge in [-0.3, -0.25) is 0 Å². The van der Waals surface area contributed by atoms with Gasteiger partial charge in [-0.2, -0.15) is 5.26 Å². The first-order valence-corrected chi connectivity index (χ1v) is 6.49. The van der Waals surface area contributed by atoms with Crippen LogP contribution in [0.1, 0.15) is 51.1 Å². The van der Waals surface area contributed by atoms with Crippen molar-refractivity contribution in [1.82, 2.24) is 5.32 Å². The molecule has 1 aromatic rings. The first-order valence-electron chi connectivity index (χ1n) is 6.49. The van der Waals surface area contributed by atoms with E-state index in [1.54, 1.807) is 0 Å². The van der Waals surface area contributed by atoms with Gasteiger partial charge in [0.1, 0.15) is 0 Å². The van der Waals surface area contributed by atoms with E-state index in [4.69, 9.17) is 5.26 Å². The lowest BCUT2D eigenvalue weighted by Gasteiger charge is -2.23. The fraction of sp³-hybridized carbons (Fsp3) is 0.533. The number of hydrogen-bond acceptors (Lipinski definition) is 2. The van der Waals surface area contributed by atoms with E-state index in [-0.39, 0.29) is 6.04 Å². The summed E-state index contributed by atoms with van der Waals surface area (Å²) >= 11 is 0. The molecule has 2 atom stereocenters. The number of nitrogens with one attached hydrogen (secondary N) is 1. The van der Waals surface area contributed by atoms with Gasteiger partial charge in [-0.25, -0.2) is 0 Å². The van der Waals surface area contributed by atoms with Gasteiger partial charge in [-0.1, -0.05) is 50.6 Å². The van der Waals surface area contributed by atoms with Crippen LogP contribution in [-0.2, 0) is 0 Å². The van der Waals surface area contributed by atoms with Gasteiger partial charge in [0.2, 0.25) is 0 Å². The molecule has 0 saturated carbocycles. The van der Waals surface area contributed by atoms with Gasteiger partial charge >= 0.3 is 0 Å². The molecule has 0 heterocycles. The van der Waals surface area contributed by atoms with E-state index >= 15 is 0 Å². The Morgan fingerprint density at radius 3 is 2.47 bits per heavy atom. The molecule has 2 unspecified atom stereocenters. The first kappa shape index (κ1) is 13.7. The Morgan fingerprint density at radius 2 is 1.94 bits per heavy atom. The molecular formula is C15H22N2. The largest absolute Gasteiger partial charge is 0.306 e. The summed E-state index contributed by atoms with van der Waals surface area (Å²) in [5, 5.41) is 12.5. The van der Waals surface area contributed by atoms with E-state index in [1.807, 2.05) is 18.2 Å². The quantitative estimate of drug-likeness (QED) is 0.773. The zero-order valence-corrected chi connectivity index (χ0v) is 10.8. The van der Waals surface area contributed by atoms with Crippen LogP contribution in [0.25, 0.3) is 0 Å². The van der Waals surface area contributed by atoms with Crippen molar-refractivity contribution < 1.29 is 0 Å². The Bertz CT molecular complexity index is 340. The van der Waals surface area contributed by atoms with Crippen LogP contribution in [0, 0.1) is 11.3 Å². The van der Waals surface area contributed by atoms with E-state index in [9.17, 15) is 0 Å². The predicted molar refractivity (Wildman–Crippen MR) is 71.5 cm³/mol. The third kappa shape index (κ3) is 4.58. The normalized spacial score (nSPS) is 13.9. The average molecular weight is 230 g/mol. The highest BCUT2D eigenvalue weighted by Gasteiger charge is 2.14. The number of rotatable bonds is 7. The van der Waals surface area contributed by atoms with Crippen LogP contribution in [0.4, 0.5) is 0 Å². The molecule has 0 aliphatic carbocycles. The highest BCUT2D eigenvalue weighted by atomic mass is 14.9. The maximum atomic E-state index is 8.92. The molecule has 0 spiro atoms. The Hall–Kier alpha value is -1.33. The highest BCUT2D eigenvalue weighted by molar-refractivity contribution is 5.20. The zero-order valence-electron chi connectivity index (χ0n) is 10.8. The fourth-order valence-electron chi connectivity index (χ4n) is 2.09. The fourth-order valence-corrected chi connectivity index (χ4v) is 2.09. The molecule has 2 nitrogen and oxygen atoms in total. The van der Waals surface area contributed by atoms with Gasteiger partial charge in [-0.15, -0.1) is 0 Å². The van der Waals surface area contributed by atoms with Crippen LogP contribution >= 0.6 is 0 Å². The summed E-state index contributed by atoms with van der Waals surface area (Å²) in [5.74, 6) is 0. The Morgan fingerprint density at radius 1 is 1.24 bits per heavy atom. The number of nitrogens with zero attached hydrogens (tertiary/aromatic N) is 1. The lowest BCUT2D eigenvalue weighted by atomic mass is 10.0. The third-order valence-electron chi connectivity index (χ3n) is 3.06. The highest BCUT2D eigenvalue weighted by Crippen LogP contribution is 2.18. The van der Waals surface area contributed by atoms with Gasteiger partial charge in [0.25, 0.3) is 0 Å². The van der Waals surface area contributed by atoms with E-state index < -0.39 is 0 Å². The van der Waals surface area contributed by atoms with Crippen LogP contribution in [0.5, 0.6) is 0 Å². The molecule has 1 aromatic carbocycles. The average Bonchev–Trinajstić information content (AvgIpc) is 2.38. The standard InChI is InChI=1S/C15H22N2/c1-3-8-14(4-2)17-15(11-12-16)13-9-6-5-7-10-13/h5-7,9-10,14-15,17H,3-4,8,11H2,1-2H3. The van der Waals surface area contributed by atoms with Crippen molar-refractivity contribution in [3.63, 3.8) is 0 Å². The summed E-state index contributed by atoms with van der Waals surface area (Å²) in [4.78, 5) is 0. The number of nitriles is 1. The molecule has 17 heavy (non-hydrogen) atoms.